The monoisotopic (exact) mass is 533 g/mol. The molecule has 35 heavy (non-hydrogen) atoms. The SMILES string of the molecule is O=C(C1CCCN(S(=O)(=O)c2ccc(Cl)cc2)C1)N(Cc1ccco1)c1nc2ccc(F)cc2s1. The number of carbonyl (C=O) groups is 1. The fourth-order valence-corrected chi connectivity index (χ4v) is 6.78. The van der Waals surface area contributed by atoms with E-state index < -0.39 is 15.9 Å². The van der Waals surface area contributed by atoms with Gasteiger partial charge in [-0.2, -0.15) is 4.31 Å². The topological polar surface area (TPSA) is 83.7 Å². The van der Waals surface area contributed by atoms with Gasteiger partial charge in [-0.3, -0.25) is 9.69 Å². The fraction of sp³-hybridized carbons (Fsp3) is 0.250. The van der Waals surface area contributed by atoms with E-state index in [0.29, 0.717) is 45.5 Å². The minimum Gasteiger partial charge on any atom is -0.467 e. The van der Waals surface area contributed by atoms with Crippen LogP contribution in [0.25, 0.3) is 10.2 Å². The van der Waals surface area contributed by atoms with Crippen LogP contribution in [0.3, 0.4) is 0 Å². The minimum atomic E-state index is -3.78. The molecule has 7 nitrogen and oxygen atoms in total. The van der Waals surface area contributed by atoms with Gasteiger partial charge in [0.05, 0.1) is 33.8 Å². The molecule has 1 atom stereocenters. The van der Waals surface area contributed by atoms with Gasteiger partial charge in [0.2, 0.25) is 15.9 Å². The summed E-state index contributed by atoms with van der Waals surface area (Å²) in [7, 11) is -3.78. The van der Waals surface area contributed by atoms with Gasteiger partial charge in [-0.1, -0.05) is 22.9 Å². The molecule has 0 saturated carbocycles. The van der Waals surface area contributed by atoms with Crippen molar-refractivity contribution >= 4 is 54.2 Å². The van der Waals surface area contributed by atoms with Gasteiger partial charge in [0.1, 0.15) is 11.6 Å². The Balaban J connectivity index is 1.43. The Morgan fingerprint density at radius 3 is 2.77 bits per heavy atom. The summed E-state index contributed by atoms with van der Waals surface area (Å²) in [6, 6.07) is 13.8. The second kappa shape index (κ2) is 9.69. The second-order valence-electron chi connectivity index (χ2n) is 8.27. The molecular weight excluding hydrogens is 513 g/mol. The maximum absolute atomic E-state index is 13.8. The fourth-order valence-electron chi connectivity index (χ4n) is 4.14. The molecule has 3 heterocycles. The maximum Gasteiger partial charge on any atom is 0.243 e. The van der Waals surface area contributed by atoms with Gasteiger partial charge in [-0.05, 0) is 67.4 Å². The van der Waals surface area contributed by atoms with E-state index in [1.165, 1.54) is 63.2 Å². The molecule has 182 valence electrons. The Labute approximate surface area is 210 Å². The molecule has 4 aromatic rings. The van der Waals surface area contributed by atoms with Crippen LogP contribution in [-0.2, 0) is 21.4 Å². The van der Waals surface area contributed by atoms with Crippen LogP contribution in [-0.4, -0.2) is 36.7 Å². The highest BCUT2D eigenvalue weighted by atomic mass is 35.5. The number of sulfonamides is 1. The lowest BCUT2D eigenvalue weighted by Gasteiger charge is -2.33. The Hall–Kier alpha value is -2.79. The van der Waals surface area contributed by atoms with E-state index >= 15 is 0 Å². The van der Waals surface area contributed by atoms with Crippen LogP contribution in [0.1, 0.15) is 18.6 Å². The molecule has 0 spiro atoms. The summed E-state index contributed by atoms with van der Waals surface area (Å²) in [5.74, 6) is -0.640. The average molecular weight is 534 g/mol. The lowest BCUT2D eigenvalue weighted by molar-refractivity contribution is -0.123. The summed E-state index contributed by atoms with van der Waals surface area (Å²) in [6.45, 7) is 0.514. The molecule has 1 aliphatic rings. The van der Waals surface area contributed by atoms with Crippen molar-refractivity contribution in [3.05, 3.63) is 77.5 Å². The molecule has 0 radical (unpaired) electrons. The van der Waals surface area contributed by atoms with E-state index in [4.69, 9.17) is 16.0 Å². The molecule has 5 rings (SSSR count). The minimum absolute atomic E-state index is 0.0535. The zero-order valence-electron chi connectivity index (χ0n) is 18.4. The Morgan fingerprint density at radius 1 is 1.23 bits per heavy atom. The number of hydrogen-bond acceptors (Lipinski definition) is 6. The molecule has 0 N–H and O–H groups in total. The summed E-state index contributed by atoms with van der Waals surface area (Å²) in [5.41, 5.74) is 0.583. The highest BCUT2D eigenvalue weighted by Crippen LogP contribution is 2.33. The normalized spacial score (nSPS) is 17.0. The lowest BCUT2D eigenvalue weighted by Crippen LogP contribution is -2.46. The third-order valence-corrected chi connectivity index (χ3v) is 9.09. The first kappa shape index (κ1) is 23.9. The molecule has 2 aromatic carbocycles. The van der Waals surface area contributed by atoms with Crippen molar-refractivity contribution in [3.63, 3.8) is 0 Å². The number of fused-ring (bicyclic) bond motifs is 1. The van der Waals surface area contributed by atoms with Gasteiger partial charge in [0.15, 0.2) is 5.13 Å². The third kappa shape index (κ3) is 4.97. The number of halogens is 2. The van der Waals surface area contributed by atoms with Crippen molar-refractivity contribution < 1.29 is 22.0 Å². The van der Waals surface area contributed by atoms with E-state index in [1.54, 1.807) is 18.2 Å². The number of piperidine rings is 1. The van der Waals surface area contributed by atoms with Gasteiger partial charge in [-0.15, -0.1) is 0 Å². The van der Waals surface area contributed by atoms with Crippen LogP contribution in [0.15, 0.2) is 70.2 Å². The van der Waals surface area contributed by atoms with E-state index in [-0.39, 0.29) is 29.7 Å². The second-order valence-corrected chi connectivity index (χ2v) is 11.7. The van der Waals surface area contributed by atoms with Crippen LogP contribution in [0, 0.1) is 11.7 Å². The van der Waals surface area contributed by atoms with E-state index in [1.807, 2.05) is 0 Å². The zero-order valence-corrected chi connectivity index (χ0v) is 20.8. The highest BCUT2D eigenvalue weighted by Gasteiger charge is 2.36. The maximum atomic E-state index is 13.8. The average Bonchev–Trinajstić information content (AvgIpc) is 3.52. The Morgan fingerprint density at radius 2 is 2.03 bits per heavy atom. The van der Waals surface area contributed by atoms with Gasteiger partial charge < -0.3 is 4.42 Å². The van der Waals surface area contributed by atoms with Crippen LogP contribution in [0.2, 0.25) is 5.02 Å². The van der Waals surface area contributed by atoms with E-state index in [2.05, 4.69) is 4.98 Å². The largest absolute Gasteiger partial charge is 0.467 e. The molecule has 1 saturated heterocycles. The molecule has 1 fully saturated rings. The molecular formula is C24H21ClFN3O4S2. The number of rotatable bonds is 6. The van der Waals surface area contributed by atoms with Crippen LogP contribution in [0.5, 0.6) is 0 Å². The molecule has 1 amide bonds. The van der Waals surface area contributed by atoms with Gasteiger partial charge in [0, 0.05) is 18.1 Å². The number of benzene rings is 2. The lowest BCUT2D eigenvalue weighted by atomic mass is 9.98. The Bertz CT molecular complexity index is 1460. The van der Waals surface area contributed by atoms with Crippen LogP contribution in [0.4, 0.5) is 9.52 Å². The van der Waals surface area contributed by atoms with Crippen molar-refractivity contribution in [1.82, 2.24) is 9.29 Å². The number of carbonyl (C=O) groups excluding carboxylic acids is 1. The zero-order chi connectivity index (χ0) is 24.6. The number of amides is 1. The van der Waals surface area contributed by atoms with E-state index in [0.717, 1.165) is 0 Å². The molecule has 1 aliphatic heterocycles. The van der Waals surface area contributed by atoms with Crippen molar-refractivity contribution in [2.24, 2.45) is 5.92 Å². The number of nitrogens with zero attached hydrogens (tertiary/aromatic N) is 3. The molecule has 0 bridgehead atoms. The predicted molar refractivity (Wildman–Crippen MR) is 132 cm³/mol. The highest BCUT2D eigenvalue weighted by molar-refractivity contribution is 7.89. The summed E-state index contributed by atoms with van der Waals surface area (Å²) in [4.78, 5) is 19.9. The number of thiazole rings is 1. The Kier molecular flexibility index (Phi) is 6.63. The quantitative estimate of drug-likeness (QED) is 0.335. The van der Waals surface area contributed by atoms with Crippen LogP contribution < -0.4 is 4.90 Å². The number of aromatic nitrogens is 1. The smallest absolute Gasteiger partial charge is 0.243 e. The first-order valence-corrected chi connectivity index (χ1v) is 13.6. The van der Waals surface area contributed by atoms with Crippen molar-refractivity contribution in [2.75, 3.05) is 18.0 Å². The van der Waals surface area contributed by atoms with Gasteiger partial charge >= 0.3 is 0 Å². The van der Waals surface area contributed by atoms with Crippen molar-refractivity contribution in [1.29, 1.82) is 0 Å². The molecule has 0 aliphatic carbocycles. The van der Waals surface area contributed by atoms with Crippen LogP contribution >= 0.6 is 22.9 Å². The van der Waals surface area contributed by atoms with E-state index in [9.17, 15) is 17.6 Å². The summed E-state index contributed by atoms with van der Waals surface area (Å²) < 4.78 is 47.6. The predicted octanol–water partition coefficient (Wildman–Crippen LogP) is 5.32. The standard InChI is InChI=1S/C24H21ClFN3O4S2/c25-17-5-8-20(9-6-17)35(31,32)28-11-1-3-16(14-28)23(30)29(15-19-4-2-12-33-19)24-27-21-10-7-18(26)13-22(21)34-24/h2,4-10,12-13,16H,1,3,11,14-15H2. The molecule has 1 unspecified atom stereocenters. The van der Waals surface area contributed by atoms with Gasteiger partial charge in [-0.25, -0.2) is 17.8 Å². The third-order valence-electron chi connectivity index (χ3n) is 5.91. The molecule has 2 aromatic heterocycles. The van der Waals surface area contributed by atoms with Gasteiger partial charge in [0.25, 0.3) is 0 Å². The summed E-state index contributed by atoms with van der Waals surface area (Å²) in [6.07, 6.45) is 2.61. The van der Waals surface area contributed by atoms with Crippen molar-refractivity contribution in [2.45, 2.75) is 24.3 Å². The number of furan rings is 1. The summed E-state index contributed by atoms with van der Waals surface area (Å²) >= 11 is 7.12. The first-order valence-electron chi connectivity index (χ1n) is 11.0. The number of anilines is 1. The summed E-state index contributed by atoms with van der Waals surface area (Å²) in [5, 5.41) is 0.851. The molecule has 11 heteroatoms. The number of hydrogen-bond donors (Lipinski definition) is 0. The van der Waals surface area contributed by atoms with Crippen molar-refractivity contribution in [3.8, 4) is 0 Å². The first-order chi connectivity index (χ1) is 16.8.